The summed E-state index contributed by atoms with van der Waals surface area (Å²) in [6, 6.07) is 0. The second-order valence-corrected chi connectivity index (χ2v) is 3.93. The summed E-state index contributed by atoms with van der Waals surface area (Å²) in [5.74, 6) is 0. The summed E-state index contributed by atoms with van der Waals surface area (Å²) in [5, 5.41) is 8.50. The summed E-state index contributed by atoms with van der Waals surface area (Å²) in [4.78, 5) is 0. The largest absolute Gasteiger partial charge is 0.412 e. The third kappa shape index (κ3) is 7.74. The lowest BCUT2D eigenvalue weighted by Crippen LogP contribution is -2.12. The number of alkyl halides is 3. The molecule has 0 spiro atoms. The van der Waals surface area contributed by atoms with Crippen LogP contribution in [0.4, 0.5) is 13.2 Å². The molecule has 0 fully saturated rings. The topological polar surface area (TPSA) is 20.2 Å². The van der Waals surface area contributed by atoms with E-state index in [9.17, 15) is 13.2 Å². The van der Waals surface area contributed by atoms with Crippen LogP contribution in [0.1, 0.15) is 51.9 Å². The Morgan fingerprint density at radius 2 is 1.62 bits per heavy atom. The molecule has 0 aromatic heterocycles. The molecule has 0 atom stereocenters. The first-order valence-electron chi connectivity index (χ1n) is 5.89. The molecular weight excluding hydrogens is 217 g/mol. The van der Waals surface area contributed by atoms with Gasteiger partial charge >= 0.3 is 6.18 Å². The van der Waals surface area contributed by atoms with Crippen LogP contribution in [0.3, 0.4) is 0 Å². The first-order chi connectivity index (χ1) is 7.52. The SMILES string of the molecule is CCCCCCCC/C(=C\CO)C(F)(F)F. The maximum absolute atomic E-state index is 12.4. The van der Waals surface area contributed by atoms with Gasteiger partial charge in [-0.15, -0.1) is 0 Å². The normalized spacial score (nSPS) is 13.2. The van der Waals surface area contributed by atoms with Crippen molar-refractivity contribution in [3.63, 3.8) is 0 Å². The summed E-state index contributed by atoms with van der Waals surface area (Å²) in [5.41, 5.74) is -0.592. The highest BCUT2D eigenvalue weighted by Gasteiger charge is 2.32. The zero-order valence-electron chi connectivity index (χ0n) is 9.82. The summed E-state index contributed by atoms with van der Waals surface area (Å²) in [6.45, 7) is 1.57. The van der Waals surface area contributed by atoms with Crippen molar-refractivity contribution in [1.29, 1.82) is 0 Å². The van der Waals surface area contributed by atoms with E-state index in [1.807, 2.05) is 0 Å². The molecule has 4 heteroatoms. The number of hydrogen-bond acceptors (Lipinski definition) is 1. The predicted molar refractivity (Wildman–Crippen MR) is 59.2 cm³/mol. The van der Waals surface area contributed by atoms with Crippen molar-refractivity contribution in [2.24, 2.45) is 0 Å². The van der Waals surface area contributed by atoms with E-state index in [0.29, 0.717) is 6.42 Å². The van der Waals surface area contributed by atoms with E-state index in [1.54, 1.807) is 0 Å². The van der Waals surface area contributed by atoms with Crippen molar-refractivity contribution in [2.45, 2.75) is 58.0 Å². The van der Waals surface area contributed by atoms with Gasteiger partial charge in [0.25, 0.3) is 0 Å². The average Bonchev–Trinajstić information content (AvgIpc) is 2.20. The maximum atomic E-state index is 12.4. The Morgan fingerprint density at radius 1 is 1.06 bits per heavy atom. The number of hydrogen-bond donors (Lipinski definition) is 1. The fourth-order valence-electron chi connectivity index (χ4n) is 1.57. The van der Waals surface area contributed by atoms with Gasteiger partial charge in [0.15, 0.2) is 0 Å². The van der Waals surface area contributed by atoms with Crippen molar-refractivity contribution < 1.29 is 18.3 Å². The van der Waals surface area contributed by atoms with E-state index in [4.69, 9.17) is 5.11 Å². The molecule has 1 nitrogen and oxygen atoms in total. The summed E-state index contributed by atoms with van der Waals surface area (Å²) in [6.07, 6.45) is 2.37. The first-order valence-corrected chi connectivity index (χ1v) is 5.89. The molecule has 0 aliphatic heterocycles. The number of aliphatic hydroxyl groups is 1. The minimum atomic E-state index is -4.29. The third-order valence-corrected chi connectivity index (χ3v) is 2.50. The van der Waals surface area contributed by atoms with Crippen LogP contribution in [-0.2, 0) is 0 Å². The number of halogens is 3. The molecule has 96 valence electrons. The van der Waals surface area contributed by atoms with Crippen molar-refractivity contribution in [3.05, 3.63) is 11.6 Å². The van der Waals surface area contributed by atoms with E-state index >= 15 is 0 Å². The molecule has 0 aliphatic rings. The Bertz CT molecular complexity index is 197. The number of unbranched alkanes of at least 4 members (excludes halogenated alkanes) is 5. The maximum Gasteiger partial charge on any atom is 0.412 e. The molecule has 0 radical (unpaired) electrons. The first kappa shape index (κ1) is 15.5. The van der Waals surface area contributed by atoms with Gasteiger partial charge in [-0.05, 0) is 12.8 Å². The Kier molecular flexibility index (Phi) is 8.35. The van der Waals surface area contributed by atoms with Crippen molar-refractivity contribution in [3.8, 4) is 0 Å². The molecule has 0 saturated heterocycles. The Balaban J connectivity index is 3.75. The Morgan fingerprint density at radius 3 is 2.12 bits per heavy atom. The van der Waals surface area contributed by atoms with Gasteiger partial charge in [0, 0.05) is 5.57 Å². The summed E-state index contributed by atoms with van der Waals surface area (Å²) >= 11 is 0. The average molecular weight is 238 g/mol. The van der Waals surface area contributed by atoms with E-state index in [-0.39, 0.29) is 6.42 Å². The van der Waals surface area contributed by atoms with Crippen molar-refractivity contribution >= 4 is 0 Å². The Labute approximate surface area is 95.4 Å². The van der Waals surface area contributed by atoms with Crippen LogP contribution in [-0.4, -0.2) is 17.9 Å². The van der Waals surface area contributed by atoms with Crippen LogP contribution in [0.2, 0.25) is 0 Å². The third-order valence-electron chi connectivity index (χ3n) is 2.50. The van der Waals surface area contributed by atoms with E-state index in [1.165, 1.54) is 0 Å². The van der Waals surface area contributed by atoms with E-state index in [0.717, 1.165) is 38.2 Å². The molecule has 1 N–H and O–H groups in total. The van der Waals surface area contributed by atoms with Gasteiger partial charge in [-0.1, -0.05) is 45.1 Å². The molecule has 0 rings (SSSR count). The zero-order chi connectivity index (χ0) is 12.4. The highest BCUT2D eigenvalue weighted by Crippen LogP contribution is 2.29. The smallest absolute Gasteiger partial charge is 0.392 e. The molecule has 16 heavy (non-hydrogen) atoms. The van der Waals surface area contributed by atoms with Crippen molar-refractivity contribution in [2.75, 3.05) is 6.61 Å². The van der Waals surface area contributed by atoms with Crippen LogP contribution >= 0.6 is 0 Å². The molecule has 0 bridgehead atoms. The number of rotatable bonds is 8. The minimum absolute atomic E-state index is 0.0240. The van der Waals surface area contributed by atoms with Gasteiger partial charge in [0.1, 0.15) is 0 Å². The van der Waals surface area contributed by atoms with Gasteiger partial charge in [0.2, 0.25) is 0 Å². The summed E-state index contributed by atoms with van der Waals surface area (Å²) < 4.78 is 37.1. The minimum Gasteiger partial charge on any atom is -0.392 e. The molecule has 0 heterocycles. The van der Waals surface area contributed by atoms with Crippen LogP contribution < -0.4 is 0 Å². The predicted octanol–water partition coefficient (Wildman–Crippen LogP) is 4.22. The molecule has 0 unspecified atom stereocenters. The lowest BCUT2D eigenvalue weighted by Gasteiger charge is -2.11. The van der Waals surface area contributed by atoms with Gasteiger partial charge in [-0.3, -0.25) is 0 Å². The molecule has 0 amide bonds. The molecule has 0 saturated carbocycles. The number of allylic oxidation sites excluding steroid dienone is 1. The lowest BCUT2D eigenvalue weighted by atomic mass is 10.0. The van der Waals surface area contributed by atoms with Crippen molar-refractivity contribution in [1.82, 2.24) is 0 Å². The van der Waals surface area contributed by atoms with E-state index in [2.05, 4.69) is 6.92 Å². The highest BCUT2D eigenvalue weighted by molar-refractivity contribution is 5.08. The molecule has 0 aliphatic carbocycles. The van der Waals surface area contributed by atoms with Crippen LogP contribution in [0.5, 0.6) is 0 Å². The van der Waals surface area contributed by atoms with Gasteiger partial charge in [-0.2, -0.15) is 13.2 Å². The Hall–Kier alpha value is -0.510. The standard InChI is InChI=1S/C12H21F3O/c1-2-3-4-5-6-7-8-11(9-10-16)12(13,14)15/h9,16H,2-8,10H2,1H3/b11-9+. The second-order valence-electron chi connectivity index (χ2n) is 3.93. The highest BCUT2D eigenvalue weighted by atomic mass is 19.4. The fourth-order valence-corrected chi connectivity index (χ4v) is 1.57. The van der Waals surface area contributed by atoms with Gasteiger partial charge in [-0.25, -0.2) is 0 Å². The number of aliphatic hydroxyl groups excluding tert-OH is 1. The zero-order valence-corrected chi connectivity index (χ0v) is 9.82. The molecular formula is C12H21F3O. The van der Waals surface area contributed by atoms with Crippen LogP contribution in [0.25, 0.3) is 0 Å². The summed E-state index contributed by atoms with van der Waals surface area (Å²) in [7, 11) is 0. The van der Waals surface area contributed by atoms with Gasteiger partial charge in [0.05, 0.1) is 6.61 Å². The van der Waals surface area contributed by atoms with Gasteiger partial charge < -0.3 is 5.11 Å². The monoisotopic (exact) mass is 238 g/mol. The quantitative estimate of drug-likeness (QED) is 0.496. The van der Waals surface area contributed by atoms with Crippen LogP contribution in [0, 0.1) is 0 Å². The molecule has 0 aromatic carbocycles. The second kappa shape index (κ2) is 8.62. The lowest BCUT2D eigenvalue weighted by molar-refractivity contribution is -0.0946. The van der Waals surface area contributed by atoms with Crippen LogP contribution in [0.15, 0.2) is 11.6 Å². The molecule has 0 aromatic rings. The fraction of sp³-hybridized carbons (Fsp3) is 0.833. The van der Waals surface area contributed by atoms with E-state index < -0.39 is 18.4 Å².